The van der Waals surface area contributed by atoms with Crippen LogP contribution in [0, 0.1) is 0 Å². The van der Waals surface area contributed by atoms with Crippen molar-refractivity contribution >= 4 is 17.9 Å². The number of aliphatic imine (C=N–C) groups is 1. The van der Waals surface area contributed by atoms with Crippen LogP contribution in [0.5, 0.6) is 0 Å². The summed E-state index contributed by atoms with van der Waals surface area (Å²) in [5.74, 6) is 0.479. The van der Waals surface area contributed by atoms with E-state index in [4.69, 9.17) is 4.74 Å². The summed E-state index contributed by atoms with van der Waals surface area (Å²) < 4.78 is 5.71. The number of hydrogen-bond acceptors (Lipinski definition) is 4. The van der Waals surface area contributed by atoms with Crippen molar-refractivity contribution in [3.05, 3.63) is 0 Å². The van der Waals surface area contributed by atoms with E-state index < -0.39 is 0 Å². The summed E-state index contributed by atoms with van der Waals surface area (Å²) in [4.78, 5) is 28.7. The molecule has 1 unspecified atom stereocenters. The molecule has 1 atom stereocenters. The van der Waals surface area contributed by atoms with Crippen LogP contribution in [0.15, 0.2) is 4.99 Å². The third-order valence-electron chi connectivity index (χ3n) is 3.78. The number of guanidine groups is 1. The standard InChI is InChI=1S/C14H25N5O3/c1-3-15-12(18-10-14(2)5-4-8-22-14)16-6-7-19-11(20)9-17-13(19)21/h3-10H2,1-2H3,(H,17,21)(H2,15,16,18). The minimum absolute atomic E-state index is 0.0860. The van der Waals surface area contributed by atoms with Crippen LogP contribution in [0.25, 0.3) is 0 Å². The van der Waals surface area contributed by atoms with Crippen molar-refractivity contribution in [2.24, 2.45) is 4.99 Å². The molecule has 2 rings (SSSR count). The lowest BCUT2D eigenvalue weighted by Crippen LogP contribution is -2.44. The highest BCUT2D eigenvalue weighted by Gasteiger charge is 2.30. The van der Waals surface area contributed by atoms with Crippen LogP contribution in [0.2, 0.25) is 0 Å². The molecule has 8 nitrogen and oxygen atoms in total. The number of nitrogens with one attached hydrogen (secondary N) is 3. The molecule has 3 N–H and O–H groups in total. The van der Waals surface area contributed by atoms with Gasteiger partial charge < -0.3 is 20.7 Å². The van der Waals surface area contributed by atoms with E-state index in [0.29, 0.717) is 25.6 Å². The predicted octanol–water partition coefficient (Wildman–Crippen LogP) is -0.338. The molecule has 2 saturated heterocycles. The molecular weight excluding hydrogens is 286 g/mol. The maximum absolute atomic E-state index is 11.5. The summed E-state index contributed by atoms with van der Waals surface area (Å²) in [7, 11) is 0. The van der Waals surface area contributed by atoms with Gasteiger partial charge in [0.2, 0.25) is 5.91 Å². The second-order valence-corrected chi connectivity index (χ2v) is 5.73. The maximum atomic E-state index is 11.5. The Labute approximate surface area is 130 Å². The Morgan fingerprint density at radius 1 is 1.45 bits per heavy atom. The van der Waals surface area contributed by atoms with Crippen molar-refractivity contribution in [3.63, 3.8) is 0 Å². The lowest BCUT2D eigenvalue weighted by atomic mass is 10.0. The van der Waals surface area contributed by atoms with Crippen LogP contribution >= 0.6 is 0 Å². The van der Waals surface area contributed by atoms with Crippen LogP contribution in [0.3, 0.4) is 0 Å². The van der Waals surface area contributed by atoms with Crippen molar-refractivity contribution in [2.45, 2.75) is 32.3 Å². The highest BCUT2D eigenvalue weighted by molar-refractivity contribution is 6.01. The van der Waals surface area contributed by atoms with Gasteiger partial charge in [-0.25, -0.2) is 4.79 Å². The zero-order valence-corrected chi connectivity index (χ0v) is 13.3. The molecule has 2 aliphatic heterocycles. The number of hydrogen-bond donors (Lipinski definition) is 3. The molecule has 0 spiro atoms. The predicted molar refractivity (Wildman–Crippen MR) is 82.7 cm³/mol. The first-order valence-electron chi connectivity index (χ1n) is 7.78. The van der Waals surface area contributed by atoms with Crippen LogP contribution in [0.1, 0.15) is 26.7 Å². The molecule has 0 aliphatic carbocycles. The summed E-state index contributed by atoms with van der Waals surface area (Å²) in [6.45, 7) is 7.05. The molecular formula is C14H25N5O3. The van der Waals surface area contributed by atoms with E-state index in [1.165, 1.54) is 4.90 Å². The van der Waals surface area contributed by atoms with Gasteiger partial charge in [0.25, 0.3) is 0 Å². The van der Waals surface area contributed by atoms with Gasteiger partial charge >= 0.3 is 6.03 Å². The van der Waals surface area contributed by atoms with E-state index in [0.717, 1.165) is 26.0 Å². The van der Waals surface area contributed by atoms with Crippen LogP contribution in [0.4, 0.5) is 4.79 Å². The highest BCUT2D eigenvalue weighted by atomic mass is 16.5. The molecule has 0 aromatic heterocycles. The smallest absolute Gasteiger partial charge is 0.324 e. The van der Waals surface area contributed by atoms with Gasteiger partial charge in [0, 0.05) is 26.2 Å². The van der Waals surface area contributed by atoms with Gasteiger partial charge in [-0.2, -0.15) is 0 Å². The van der Waals surface area contributed by atoms with E-state index in [-0.39, 0.29) is 24.1 Å². The molecule has 2 heterocycles. The van der Waals surface area contributed by atoms with E-state index in [1.54, 1.807) is 0 Å². The number of nitrogens with zero attached hydrogens (tertiary/aromatic N) is 2. The Kier molecular flexibility index (Phi) is 5.59. The molecule has 8 heteroatoms. The minimum Gasteiger partial charge on any atom is -0.373 e. The minimum atomic E-state index is -0.333. The third kappa shape index (κ3) is 4.33. The molecule has 0 radical (unpaired) electrons. The Morgan fingerprint density at radius 3 is 2.86 bits per heavy atom. The monoisotopic (exact) mass is 311 g/mol. The van der Waals surface area contributed by atoms with Crippen LogP contribution < -0.4 is 16.0 Å². The Hall–Kier alpha value is -1.83. The number of imide groups is 1. The number of amides is 3. The van der Waals surface area contributed by atoms with Gasteiger partial charge in [-0.1, -0.05) is 0 Å². The third-order valence-corrected chi connectivity index (χ3v) is 3.78. The van der Waals surface area contributed by atoms with Crippen LogP contribution in [-0.4, -0.2) is 67.7 Å². The quantitative estimate of drug-likeness (QED) is 0.354. The molecule has 0 bridgehead atoms. The zero-order chi connectivity index (χ0) is 16.0. The van der Waals surface area contributed by atoms with Gasteiger partial charge in [0.15, 0.2) is 5.96 Å². The largest absolute Gasteiger partial charge is 0.373 e. The lowest BCUT2D eigenvalue weighted by molar-refractivity contribution is -0.124. The van der Waals surface area contributed by atoms with Crippen molar-refractivity contribution in [2.75, 3.05) is 39.3 Å². The molecule has 0 aromatic rings. The number of carbonyl (C=O) groups excluding carboxylic acids is 2. The highest BCUT2D eigenvalue weighted by Crippen LogP contribution is 2.24. The molecule has 3 amide bonds. The molecule has 2 fully saturated rings. The second kappa shape index (κ2) is 7.44. The average molecular weight is 311 g/mol. The fourth-order valence-corrected chi connectivity index (χ4v) is 2.52. The summed E-state index contributed by atoms with van der Waals surface area (Å²) in [6.07, 6.45) is 2.08. The van der Waals surface area contributed by atoms with Crippen molar-refractivity contribution < 1.29 is 14.3 Å². The maximum Gasteiger partial charge on any atom is 0.324 e. The number of urea groups is 1. The summed E-state index contributed by atoms with van der Waals surface area (Å²) >= 11 is 0. The van der Waals surface area contributed by atoms with Gasteiger partial charge in [-0.15, -0.1) is 0 Å². The first kappa shape index (κ1) is 16.5. The SMILES string of the molecule is CCNC(=NCC1(C)CCCO1)NCCN1C(=O)CNC1=O. The fourth-order valence-electron chi connectivity index (χ4n) is 2.52. The topological polar surface area (TPSA) is 95.1 Å². The number of rotatable bonds is 6. The molecule has 0 saturated carbocycles. The normalized spacial score (nSPS) is 25.5. The van der Waals surface area contributed by atoms with E-state index in [2.05, 4.69) is 27.9 Å². The zero-order valence-electron chi connectivity index (χ0n) is 13.3. The Morgan fingerprint density at radius 2 is 2.27 bits per heavy atom. The van der Waals surface area contributed by atoms with Gasteiger partial charge in [-0.05, 0) is 26.7 Å². The number of carbonyl (C=O) groups is 2. The Balaban J connectivity index is 1.80. The van der Waals surface area contributed by atoms with E-state index in [1.807, 2.05) is 6.92 Å². The summed E-state index contributed by atoms with van der Waals surface area (Å²) in [6, 6.07) is -0.333. The first-order valence-corrected chi connectivity index (χ1v) is 7.78. The Bertz CT molecular complexity index is 430. The van der Waals surface area contributed by atoms with Crippen molar-refractivity contribution in [1.82, 2.24) is 20.9 Å². The van der Waals surface area contributed by atoms with E-state index >= 15 is 0 Å². The summed E-state index contributed by atoms with van der Waals surface area (Å²) in [5, 5.41) is 8.79. The fraction of sp³-hybridized carbons (Fsp3) is 0.786. The summed E-state index contributed by atoms with van der Waals surface area (Å²) in [5.41, 5.74) is -0.187. The molecule has 2 aliphatic rings. The molecule has 22 heavy (non-hydrogen) atoms. The van der Waals surface area contributed by atoms with Crippen molar-refractivity contribution in [1.29, 1.82) is 0 Å². The van der Waals surface area contributed by atoms with Crippen LogP contribution in [-0.2, 0) is 9.53 Å². The first-order chi connectivity index (χ1) is 10.5. The van der Waals surface area contributed by atoms with Gasteiger partial charge in [0.1, 0.15) is 0 Å². The number of ether oxygens (including phenoxy) is 1. The van der Waals surface area contributed by atoms with Crippen molar-refractivity contribution in [3.8, 4) is 0 Å². The van der Waals surface area contributed by atoms with Gasteiger partial charge in [0.05, 0.1) is 18.7 Å². The lowest BCUT2D eigenvalue weighted by Gasteiger charge is -2.21. The van der Waals surface area contributed by atoms with E-state index in [9.17, 15) is 9.59 Å². The average Bonchev–Trinajstić information content (AvgIpc) is 3.05. The van der Waals surface area contributed by atoms with Gasteiger partial charge in [-0.3, -0.25) is 14.7 Å². The molecule has 0 aromatic carbocycles. The molecule has 124 valence electrons. The second-order valence-electron chi connectivity index (χ2n) is 5.73.